The molecule has 0 rings (SSSR count). The summed E-state index contributed by atoms with van der Waals surface area (Å²) in [6, 6.07) is 0.291. The number of nitroso groups, excluding NO2 is 1. The molecule has 11 heavy (non-hydrogen) atoms. The minimum absolute atomic E-state index is 0.291. The predicted octanol–water partition coefficient (Wildman–Crippen LogP) is 2.57. The topological polar surface area (TPSA) is 32.7 Å². The largest absolute Gasteiger partial charge is 0.261 e. The molecule has 0 amide bonds. The number of hydrogen-bond donors (Lipinski definition) is 0. The average molecular weight is 158 g/mol. The number of rotatable bonds is 6. The minimum atomic E-state index is 0.291. The molecule has 0 saturated heterocycles. The molecule has 0 bridgehead atoms. The Morgan fingerprint density at radius 3 is 2.55 bits per heavy atom. The van der Waals surface area contributed by atoms with Crippen LogP contribution in [0.3, 0.4) is 0 Å². The lowest BCUT2D eigenvalue weighted by molar-refractivity contribution is 0.249. The third-order valence-corrected chi connectivity index (χ3v) is 1.99. The van der Waals surface area contributed by atoms with Gasteiger partial charge in [0.25, 0.3) is 0 Å². The molecule has 0 spiro atoms. The van der Waals surface area contributed by atoms with Crippen molar-refractivity contribution in [3.63, 3.8) is 0 Å². The fraction of sp³-hybridized carbons (Fsp3) is 1.00. The van der Waals surface area contributed by atoms with Crippen molar-refractivity contribution in [3.8, 4) is 0 Å². The molecule has 0 aromatic rings. The Labute approximate surface area is 68.7 Å². The molecule has 3 nitrogen and oxygen atoms in total. The first-order valence-electron chi connectivity index (χ1n) is 4.28. The van der Waals surface area contributed by atoms with E-state index in [4.69, 9.17) is 0 Å². The predicted molar refractivity (Wildman–Crippen MR) is 47.2 cm³/mol. The van der Waals surface area contributed by atoms with Gasteiger partial charge in [0, 0.05) is 13.1 Å². The van der Waals surface area contributed by atoms with Crippen LogP contribution in [0, 0.1) is 4.91 Å². The van der Waals surface area contributed by atoms with Gasteiger partial charge < -0.3 is 0 Å². The summed E-state index contributed by atoms with van der Waals surface area (Å²) in [5.74, 6) is 0. The van der Waals surface area contributed by atoms with Crippen molar-refractivity contribution in [1.82, 2.24) is 5.01 Å². The highest BCUT2D eigenvalue weighted by atomic mass is 16.3. The molecule has 0 saturated carbocycles. The second-order valence-corrected chi connectivity index (χ2v) is 3.00. The van der Waals surface area contributed by atoms with Crippen molar-refractivity contribution < 1.29 is 0 Å². The fourth-order valence-electron chi connectivity index (χ4n) is 0.957. The Bertz CT molecular complexity index is 106. The highest BCUT2D eigenvalue weighted by Crippen LogP contribution is 2.07. The molecule has 0 aliphatic rings. The van der Waals surface area contributed by atoms with Crippen LogP contribution < -0.4 is 0 Å². The number of unbranched alkanes of at least 4 members (excludes halogenated alkanes) is 2. The Hall–Kier alpha value is -0.600. The standard InChI is InChI=1S/C8H18N2O/c1-4-5-6-7-8(2)10(3)9-11/h8H,4-7H2,1-3H3. The van der Waals surface area contributed by atoms with Crippen LogP contribution in [0.2, 0.25) is 0 Å². The van der Waals surface area contributed by atoms with Crippen molar-refractivity contribution in [2.45, 2.75) is 45.6 Å². The Balaban J connectivity index is 3.35. The fourth-order valence-corrected chi connectivity index (χ4v) is 0.957. The zero-order valence-electron chi connectivity index (χ0n) is 7.71. The lowest BCUT2D eigenvalue weighted by Crippen LogP contribution is -2.22. The van der Waals surface area contributed by atoms with Gasteiger partial charge in [0.1, 0.15) is 0 Å². The van der Waals surface area contributed by atoms with E-state index in [0.29, 0.717) is 6.04 Å². The van der Waals surface area contributed by atoms with Crippen molar-refractivity contribution in [1.29, 1.82) is 0 Å². The molecule has 0 fully saturated rings. The van der Waals surface area contributed by atoms with E-state index in [-0.39, 0.29) is 0 Å². The molecule has 0 radical (unpaired) electrons. The highest BCUT2D eigenvalue weighted by molar-refractivity contribution is 4.58. The van der Waals surface area contributed by atoms with Gasteiger partial charge >= 0.3 is 0 Å². The van der Waals surface area contributed by atoms with Crippen molar-refractivity contribution in [2.24, 2.45) is 5.29 Å². The van der Waals surface area contributed by atoms with E-state index in [1.165, 1.54) is 24.3 Å². The van der Waals surface area contributed by atoms with Crippen molar-refractivity contribution >= 4 is 0 Å². The zero-order chi connectivity index (χ0) is 8.69. The Kier molecular flexibility index (Phi) is 5.80. The molecule has 3 heteroatoms. The van der Waals surface area contributed by atoms with Crippen LogP contribution in [0.1, 0.15) is 39.5 Å². The molecule has 1 unspecified atom stereocenters. The maximum absolute atomic E-state index is 10.1. The van der Waals surface area contributed by atoms with E-state index in [0.717, 1.165) is 6.42 Å². The smallest absolute Gasteiger partial charge is 0.0523 e. The molecule has 0 aromatic heterocycles. The zero-order valence-corrected chi connectivity index (χ0v) is 7.71. The van der Waals surface area contributed by atoms with Gasteiger partial charge in [-0.05, 0) is 13.3 Å². The summed E-state index contributed by atoms with van der Waals surface area (Å²) in [6.07, 6.45) is 4.73. The van der Waals surface area contributed by atoms with Crippen LogP contribution in [-0.2, 0) is 0 Å². The average Bonchev–Trinajstić information content (AvgIpc) is 2.03. The molecule has 0 aromatic carbocycles. The van der Waals surface area contributed by atoms with Crippen LogP contribution >= 0.6 is 0 Å². The second kappa shape index (κ2) is 6.13. The van der Waals surface area contributed by atoms with Gasteiger partial charge in [-0.15, -0.1) is 4.91 Å². The van der Waals surface area contributed by atoms with Gasteiger partial charge in [0.15, 0.2) is 0 Å². The summed E-state index contributed by atoms with van der Waals surface area (Å²) in [6.45, 7) is 4.20. The first kappa shape index (κ1) is 10.4. The van der Waals surface area contributed by atoms with Crippen LogP contribution in [0.25, 0.3) is 0 Å². The third kappa shape index (κ3) is 4.76. The molecule has 0 heterocycles. The van der Waals surface area contributed by atoms with Gasteiger partial charge in [-0.2, -0.15) is 0 Å². The quantitative estimate of drug-likeness (QED) is 0.338. The summed E-state index contributed by atoms with van der Waals surface area (Å²) >= 11 is 0. The van der Waals surface area contributed by atoms with Crippen LogP contribution in [-0.4, -0.2) is 18.1 Å². The maximum Gasteiger partial charge on any atom is 0.0523 e. The summed E-state index contributed by atoms with van der Waals surface area (Å²) in [5.41, 5.74) is 0. The molecular formula is C8H18N2O. The van der Waals surface area contributed by atoms with E-state index in [9.17, 15) is 4.91 Å². The lowest BCUT2D eigenvalue weighted by atomic mass is 10.1. The van der Waals surface area contributed by atoms with Crippen LogP contribution in [0.5, 0.6) is 0 Å². The molecule has 0 aliphatic carbocycles. The van der Waals surface area contributed by atoms with E-state index >= 15 is 0 Å². The molecule has 0 aliphatic heterocycles. The molecule has 0 N–H and O–H groups in total. The SMILES string of the molecule is CCCCCC(C)N(C)N=O. The first-order valence-corrected chi connectivity index (χ1v) is 4.28. The summed E-state index contributed by atoms with van der Waals surface area (Å²) < 4.78 is 0. The second-order valence-electron chi connectivity index (χ2n) is 3.00. The molecular weight excluding hydrogens is 140 g/mol. The van der Waals surface area contributed by atoms with E-state index in [1.54, 1.807) is 7.05 Å². The monoisotopic (exact) mass is 158 g/mol. The molecule has 1 atom stereocenters. The van der Waals surface area contributed by atoms with Crippen LogP contribution in [0.4, 0.5) is 0 Å². The van der Waals surface area contributed by atoms with E-state index in [2.05, 4.69) is 12.2 Å². The summed E-state index contributed by atoms with van der Waals surface area (Å²) in [4.78, 5) is 10.1. The summed E-state index contributed by atoms with van der Waals surface area (Å²) in [7, 11) is 1.73. The minimum Gasteiger partial charge on any atom is -0.261 e. The summed E-state index contributed by atoms with van der Waals surface area (Å²) in [5, 5.41) is 4.33. The number of hydrogen-bond acceptors (Lipinski definition) is 2. The molecule has 66 valence electrons. The van der Waals surface area contributed by atoms with Crippen LogP contribution in [0.15, 0.2) is 5.29 Å². The first-order chi connectivity index (χ1) is 5.22. The van der Waals surface area contributed by atoms with E-state index in [1.807, 2.05) is 6.92 Å². The van der Waals surface area contributed by atoms with E-state index < -0.39 is 0 Å². The van der Waals surface area contributed by atoms with Gasteiger partial charge in [0.2, 0.25) is 0 Å². The lowest BCUT2D eigenvalue weighted by Gasteiger charge is -2.17. The normalized spacial score (nSPS) is 12.6. The third-order valence-electron chi connectivity index (χ3n) is 1.99. The van der Waals surface area contributed by atoms with Crippen molar-refractivity contribution in [3.05, 3.63) is 4.91 Å². The van der Waals surface area contributed by atoms with Crippen molar-refractivity contribution in [2.75, 3.05) is 7.05 Å². The van der Waals surface area contributed by atoms with Gasteiger partial charge in [-0.3, -0.25) is 5.01 Å². The Morgan fingerprint density at radius 1 is 1.45 bits per heavy atom. The number of nitrogens with zero attached hydrogens (tertiary/aromatic N) is 2. The van der Waals surface area contributed by atoms with Gasteiger partial charge in [-0.1, -0.05) is 26.2 Å². The van der Waals surface area contributed by atoms with Gasteiger partial charge in [0.05, 0.1) is 5.29 Å². The highest BCUT2D eigenvalue weighted by Gasteiger charge is 2.05. The maximum atomic E-state index is 10.1. The van der Waals surface area contributed by atoms with Gasteiger partial charge in [-0.25, -0.2) is 0 Å². The Morgan fingerprint density at radius 2 is 2.09 bits per heavy atom.